The van der Waals surface area contributed by atoms with E-state index < -0.39 is 0 Å². The number of rotatable bonds is 2. The second-order valence-electron chi connectivity index (χ2n) is 3.65. The number of hydrogen-bond donors (Lipinski definition) is 0. The van der Waals surface area contributed by atoms with Crippen LogP contribution in [0.25, 0.3) is 0 Å². The predicted molar refractivity (Wildman–Crippen MR) is 74.2 cm³/mol. The van der Waals surface area contributed by atoms with E-state index in [2.05, 4.69) is 34.3 Å². The lowest BCUT2D eigenvalue weighted by Crippen LogP contribution is -1.97. The van der Waals surface area contributed by atoms with Crippen molar-refractivity contribution in [2.24, 2.45) is 9.98 Å². The summed E-state index contributed by atoms with van der Waals surface area (Å²) in [6.07, 6.45) is 0. The highest BCUT2D eigenvalue weighted by Gasteiger charge is 2.13. The third kappa shape index (κ3) is 2.04. The maximum absolute atomic E-state index is 4.51. The second-order valence-corrected chi connectivity index (χ2v) is 5.82. The fourth-order valence-corrected chi connectivity index (χ4v) is 3.51. The summed E-state index contributed by atoms with van der Waals surface area (Å²) >= 11 is 3.70. The molecule has 4 heteroatoms. The average molecular weight is 248 g/mol. The summed E-state index contributed by atoms with van der Waals surface area (Å²) in [6, 6.07) is 8.60. The molecular formula is C12H12N2S2. The Balaban J connectivity index is 1.93. The number of benzene rings is 1. The molecule has 2 aliphatic heterocycles. The highest BCUT2D eigenvalue weighted by Crippen LogP contribution is 2.23. The standard InChI is InChI=1S/C12H12N2S2/c1-2-9(11-13-4-6-15-11)8-10(3-1)12-14-5-7-16-12/h1-3,8H,4-7H2. The summed E-state index contributed by atoms with van der Waals surface area (Å²) in [5.74, 6) is 2.24. The van der Waals surface area contributed by atoms with Crippen LogP contribution < -0.4 is 0 Å². The van der Waals surface area contributed by atoms with Crippen LogP contribution in [-0.2, 0) is 0 Å². The van der Waals surface area contributed by atoms with Gasteiger partial charge in [-0.15, -0.1) is 23.5 Å². The Kier molecular flexibility index (Phi) is 3.02. The first kappa shape index (κ1) is 10.4. The molecular weight excluding hydrogens is 236 g/mol. The highest BCUT2D eigenvalue weighted by molar-refractivity contribution is 8.15. The van der Waals surface area contributed by atoms with Gasteiger partial charge < -0.3 is 0 Å². The van der Waals surface area contributed by atoms with Crippen molar-refractivity contribution in [3.8, 4) is 0 Å². The maximum Gasteiger partial charge on any atom is 0.0978 e. The van der Waals surface area contributed by atoms with Crippen molar-refractivity contribution >= 4 is 33.6 Å². The van der Waals surface area contributed by atoms with Crippen molar-refractivity contribution in [3.05, 3.63) is 35.4 Å². The Hall–Kier alpha value is -0.740. The number of thioether (sulfide) groups is 2. The van der Waals surface area contributed by atoms with Crippen LogP contribution in [0.3, 0.4) is 0 Å². The van der Waals surface area contributed by atoms with Gasteiger partial charge >= 0.3 is 0 Å². The van der Waals surface area contributed by atoms with E-state index in [0.717, 1.165) is 24.6 Å². The van der Waals surface area contributed by atoms with Crippen molar-refractivity contribution in [2.75, 3.05) is 24.6 Å². The van der Waals surface area contributed by atoms with Gasteiger partial charge in [0, 0.05) is 35.7 Å². The minimum absolute atomic E-state index is 0.958. The van der Waals surface area contributed by atoms with Crippen LogP contribution in [0.2, 0.25) is 0 Å². The summed E-state index contributed by atoms with van der Waals surface area (Å²) in [4.78, 5) is 9.01. The lowest BCUT2D eigenvalue weighted by Gasteiger charge is -2.04. The van der Waals surface area contributed by atoms with Gasteiger partial charge in [0.1, 0.15) is 0 Å². The zero-order valence-electron chi connectivity index (χ0n) is 8.85. The lowest BCUT2D eigenvalue weighted by atomic mass is 10.1. The molecule has 0 N–H and O–H groups in total. The summed E-state index contributed by atoms with van der Waals surface area (Å²) < 4.78 is 0. The molecule has 1 aromatic rings. The summed E-state index contributed by atoms with van der Waals surface area (Å²) in [5.41, 5.74) is 2.49. The Morgan fingerprint density at radius 2 is 1.44 bits per heavy atom. The van der Waals surface area contributed by atoms with Crippen molar-refractivity contribution in [3.63, 3.8) is 0 Å². The first-order chi connectivity index (χ1) is 7.93. The highest BCUT2D eigenvalue weighted by atomic mass is 32.2. The van der Waals surface area contributed by atoms with Gasteiger partial charge in [-0.05, 0) is 6.07 Å². The molecule has 0 fully saturated rings. The third-order valence-corrected chi connectivity index (χ3v) is 4.58. The molecule has 0 spiro atoms. The van der Waals surface area contributed by atoms with Gasteiger partial charge in [0.05, 0.1) is 10.1 Å². The van der Waals surface area contributed by atoms with Crippen molar-refractivity contribution < 1.29 is 0 Å². The fourth-order valence-electron chi connectivity index (χ4n) is 1.80. The molecule has 0 saturated heterocycles. The molecule has 0 atom stereocenters. The average Bonchev–Trinajstić information content (AvgIpc) is 3.03. The van der Waals surface area contributed by atoms with Crippen molar-refractivity contribution in [1.29, 1.82) is 0 Å². The molecule has 3 rings (SSSR count). The van der Waals surface area contributed by atoms with Crippen molar-refractivity contribution in [2.45, 2.75) is 0 Å². The van der Waals surface area contributed by atoms with E-state index in [1.165, 1.54) is 21.2 Å². The van der Waals surface area contributed by atoms with E-state index in [-0.39, 0.29) is 0 Å². The topological polar surface area (TPSA) is 24.7 Å². The van der Waals surface area contributed by atoms with Crippen LogP contribution in [-0.4, -0.2) is 34.7 Å². The van der Waals surface area contributed by atoms with Crippen LogP contribution in [0, 0.1) is 0 Å². The fraction of sp³-hybridized carbons (Fsp3) is 0.333. The minimum atomic E-state index is 0.958. The molecule has 16 heavy (non-hydrogen) atoms. The monoisotopic (exact) mass is 248 g/mol. The van der Waals surface area contributed by atoms with Crippen LogP contribution in [0.4, 0.5) is 0 Å². The van der Waals surface area contributed by atoms with Gasteiger partial charge in [0.2, 0.25) is 0 Å². The van der Waals surface area contributed by atoms with E-state index in [4.69, 9.17) is 0 Å². The Bertz CT molecular complexity index is 427. The number of nitrogens with zero attached hydrogens (tertiary/aromatic N) is 2. The summed E-state index contributed by atoms with van der Waals surface area (Å²) in [7, 11) is 0. The quantitative estimate of drug-likeness (QED) is 0.804. The number of hydrogen-bond acceptors (Lipinski definition) is 4. The Morgan fingerprint density at radius 3 is 1.88 bits per heavy atom. The SMILES string of the molecule is c1cc(C2=NCCS2)cc(C2=NCCS2)c1. The van der Waals surface area contributed by atoms with E-state index in [1.807, 2.05) is 23.5 Å². The Labute approximate surface area is 104 Å². The maximum atomic E-state index is 4.51. The van der Waals surface area contributed by atoms with Gasteiger partial charge in [0.25, 0.3) is 0 Å². The van der Waals surface area contributed by atoms with Gasteiger partial charge in [-0.3, -0.25) is 9.98 Å². The normalized spacial score (nSPS) is 19.8. The first-order valence-electron chi connectivity index (χ1n) is 5.39. The van der Waals surface area contributed by atoms with Gasteiger partial charge in [-0.1, -0.05) is 18.2 Å². The molecule has 2 heterocycles. The van der Waals surface area contributed by atoms with E-state index in [0.29, 0.717) is 0 Å². The molecule has 0 amide bonds. The smallest absolute Gasteiger partial charge is 0.0978 e. The first-order valence-corrected chi connectivity index (χ1v) is 7.36. The van der Waals surface area contributed by atoms with E-state index in [9.17, 15) is 0 Å². The zero-order chi connectivity index (χ0) is 10.8. The van der Waals surface area contributed by atoms with Crippen molar-refractivity contribution in [1.82, 2.24) is 0 Å². The molecule has 0 bridgehead atoms. The van der Waals surface area contributed by atoms with Gasteiger partial charge in [0.15, 0.2) is 0 Å². The van der Waals surface area contributed by atoms with E-state index >= 15 is 0 Å². The van der Waals surface area contributed by atoms with Gasteiger partial charge in [-0.2, -0.15) is 0 Å². The van der Waals surface area contributed by atoms with Crippen LogP contribution >= 0.6 is 23.5 Å². The van der Waals surface area contributed by atoms with E-state index in [1.54, 1.807) is 0 Å². The number of aliphatic imine (C=N–C) groups is 2. The van der Waals surface area contributed by atoms with Crippen LogP contribution in [0.5, 0.6) is 0 Å². The lowest BCUT2D eigenvalue weighted by molar-refractivity contribution is 1.17. The molecule has 0 aromatic heterocycles. The minimum Gasteiger partial charge on any atom is -0.277 e. The molecule has 0 radical (unpaired) electrons. The molecule has 0 saturated carbocycles. The predicted octanol–water partition coefficient (Wildman–Crippen LogP) is 2.67. The van der Waals surface area contributed by atoms with Crippen LogP contribution in [0.1, 0.15) is 11.1 Å². The molecule has 1 aromatic carbocycles. The Morgan fingerprint density at radius 1 is 0.875 bits per heavy atom. The van der Waals surface area contributed by atoms with Gasteiger partial charge in [-0.25, -0.2) is 0 Å². The summed E-state index contributed by atoms with van der Waals surface area (Å²) in [5, 5.41) is 2.37. The molecule has 2 nitrogen and oxygen atoms in total. The zero-order valence-corrected chi connectivity index (χ0v) is 10.5. The largest absolute Gasteiger partial charge is 0.277 e. The molecule has 2 aliphatic rings. The second kappa shape index (κ2) is 4.63. The molecule has 0 unspecified atom stereocenters. The molecule has 0 aliphatic carbocycles. The van der Waals surface area contributed by atoms with Crippen LogP contribution in [0.15, 0.2) is 34.3 Å². The molecule has 82 valence electrons. The summed E-state index contributed by atoms with van der Waals surface area (Å²) in [6.45, 7) is 1.92. The third-order valence-electron chi connectivity index (χ3n) is 2.53.